The lowest BCUT2D eigenvalue weighted by molar-refractivity contribution is -0.187. The number of ether oxygens (including phenoxy) is 1. The second-order valence-electron chi connectivity index (χ2n) is 12.2. The van der Waals surface area contributed by atoms with Gasteiger partial charge in [-0.3, -0.25) is 9.59 Å². The van der Waals surface area contributed by atoms with Crippen molar-refractivity contribution in [2.75, 3.05) is 6.61 Å². The number of esters is 1. The lowest BCUT2D eigenvalue weighted by Crippen LogP contribution is -2.61. The average Bonchev–Trinajstić information content (AvgIpc) is 3.23. The van der Waals surface area contributed by atoms with E-state index >= 15 is 0 Å². The molecule has 7 atom stereocenters. The molecule has 0 unspecified atom stereocenters. The van der Waals surface area contributed by atoms with Gasteiger partial charge in [0.15, 0.2) is 5.78 Å². The lowest BCUT2D eigenvalue weighted by atomic mass is 9.60. The summed E-state index contributed by atoms with van der Waals surface area (Å²) in [6.45, 7) is 7.43. The molecule has 1 aromatic rings. The van der Waals surface area contributed by atoms with E-state index in [0.717, 1.165) is 6.42 Å². The Balaban J connectivity index is 1.42. The zero-order valence-corrected chi connectivity index (χ0v) is 21.7. The summed E-state index contributed by atoms with van der Waals surface area (Å²) >= 11 is 0. The SMILES string of the molecule is CC1=C[C@H]2[C@@]3(O)[C@H](C)C[C@]4(OC(=O)CCCc5ccccc5)[C@H]([C@@H]3C=C(CO)C[C@]2(O)C1=O)C4(C)C. The Morgan fingerprint density at radius 1 is 1.14 bits per heavy atom. The van der Waals surface area contributed by atoms with Crippen LogP contribution in [0.4, 0.5) is 0 Å². The molecule has 6 nitrogen and oxygen atoms in total. The van der Waals surface area contributed by atoms with E-state index in [1.807, 2.05) is 31.2 Å². The number of hydrogen-bond donors (Lipinski definition) is 3. The molecule has 36 heavy (non-hydrogen) atoms. The fraction of sp³-hybridized carbons (Fsp3) is 0.600. The molecule has 0 spiro atoms. The number of benzene rings is 1. The van der Waals surface area contributed by atoms with Crippen LogP contribution in [-0.4, -0.2) is 50.5 Å². The first kappa shape index (κ1) is 25.4. The van der Waals surface area contributed by atoms with Crippen LogP contribution in [0.5, 0.6) is 0 Å². The second-order valence-corrected chi connectivity index (χ2v) is 12.2. The highest BCUT2D eigenvalue weighted by Gasteiger charge is 2.83. The number of hydrogen-bond acceptors (Lipinski definition) is 6. The van der Waals surface area contributed by atoms with Gasteiger partial charge in [-0.15, -0.1) is 0 Å². The third kappa shape index (κ3) is 3.41. The summed E-state index contributed by atoms with van der Waals surface area (Å²) in [6, 6.07) is 10.1. The van der Waals surface area contributed by atoms with Crippen LogP contribution >= 0.6 is 0 Å². The number of ketones is 1. The van der Waals surface area contributed by atoms with Crippen LogP contribution in [0, 0.1) is 29.1 Å². The Kier molecular flexibility index (Phi) is 5.90. The van der Waals surface area contributed by atoms with Crippen molar-refractivity contribution < 1.29 is 29.6 Å². The van der Waals surface area contributed by atoms with E-state index in [4.69, 9.17) is 4.74 Å². The molecular formula is C30H38O6. The average molecular weight is 495 g/mol. The van der Waals surface area contributed by atoms with Crippen molar-refractivity contribution in [1.29, 1.82) is 0 Å². The topological polar surface area (TPSA) is 104 Å². The van der Waals surface area contributed by atoms with Gasteiger partial charge in [0.2, 0.25) is 0 Å². The van der Waals surface area contributed by atoms with Crippen LogP contribution in [-0.2, 0) is 20.7 Å². The van der Waals surface area contributed by atoms with Gasteiger partial charge in [-0.25, -0.2) is 0 Å². The van der Waals surface area contributed by atoms with Gasteiger partial charge in [0.1, 0.15) is 11.2 Å². The van der Waals surface area contributed by atoms with Gasteiger partial charge in [0.05, 0.1) is 12.2 Å². The predicted octanol–water partition coefficient (Wildman–Crippen LogP) is 3.53. The minimum Gasteiger partial charge on any atom is -0.458 e. The van der Waals surface area contributed by atoms with Gasteiger partial charge < -0.3 is 20.1 Å². The number of fused-ring (bicyclic) bond motifs is 5. The summed E-state index contributed by atoms with van der Waals surface area (Å²) in [5.74, 6) is -2.40. The molecule has 0 aromatic heterocycles. The molecule has 1 aromatic carbocycles. The Hall–Kier alpha value is -2.28. The molecule has 0 aliphatic heterocycles. The number of aliphatic hydroxyl groups is 3. The molecular weight excluding hydrogens is 456 g/mol. The minimum atomic E-state index is -1.77. The maximum atomic E-state index is 13.0. The molecule has 0 radical (unpaired) electrons. The standard InChI is InChI=1S/C30H38O6/c1-18-13-23-28(34,26(18)33)16-21(17-31)14-22-25-27(3,4)29(25,15-19(2)30(22,23)35)36-24(32)12-8-11-20-9-6-5-7-10-20/h5-7,9-10,13-14,19,22-23,25,31,34-35H,8,11-12,15-17H2,1-4H3/t19-,22+,23-,25-,28-,29+,30-/m1/s1. The minimum absolute atomic E-state index is 0.00814. The summed E-state index contributed by atoms with van der Waals surface area (Å²) in [6.07, 6.45) is 5.85. The van der Waals surface area contributed by atoms with Crippen LogP contribution in [0.1, 0.15) is 58.9 Å². The quantitative estimate of drug-likeness (QED) is 0.413. The van der Waals surface area contributed by atoms with Crippen molar-refractivity contribution >= 4 is 11.8 Å². The smallest absolute Gasteiger partial charge is 0.306 e. The maximum Gasteiger partial charge on any atom is 0.306 e. The molecule has 194 valence electrons. The van der Waals surface area contributed by atoms with E-state index in [0.29, 0.717) is 30.4 Å². The molecule has 4 aliphatic carbocycles. The molecule has 4 aliphatic rings. The molecule has 6 heteroatoms. The molecule has 2 fully saturated rings. The van der Waals surface area contributed by atoms with E-state index in [1.54, 1.807) is 13.0 Å². The van der Waals surface area contributed by atoms with E-state index < -0.39 is 34.1 Å². The van der Waals surface area contributed by atoms with Crippen molar-refractivity contribution in [2.24, 2.45) is 29.1 Å². The van der Waals surface area contributed by atoms with Crippen LogP contribution in [0.3, 0.4) is 0 Å². The van der Waals surface area contributed by atoms with Gasteiger partial charge in [0, 0.05) is 36.0 Å². The van der Waals surface area contributed by atoms with Gasteiger partial charge >= 0.3 is 5.97 Å². The van der Waals surface area contributed by atoms with E-state index in [1.165, 1.54) is 5.56 Å². The van der Waals surface area contributed by atoms with Crippen molar-refractivity contribution in [1.82, 2.24) is 0 Å². The molecule has 0 heterocycles. The zero-order chi connectivity index (χ0) is 26.1. The highest BCUT2D eigenvalue weighted by molar-refractivity contribution is 6.04. The van der Waals surface area contributed by atoms with Crippen molar-refractivity contribution in [3.05, 3.63) is 59.2 Å². The molecule has 0 saturated heterocycles. The number of carbonyl (C=O) groups is 2. The molecule has 5 rings (SSSR count). The first-order valence-corrected chi connectivity index (χ1v) is 13.2. The van der Waals surface area contributed by atoms with E-state index in [9.17, 15) is 24.9 Å². The maximum absolute atomic E-state index is 13.0. The number of Topliss-reactive ketones (excluding diaryl/α,β-unsaturated/α-hetero) is 1. The normalized spacial score (nSPS) is 40.2. The Bertz CT molecular complexity index is 1140. The Morgan fingerprint density at radius 2 is 1.83 bits per heavy atom. The second kappa shape index (κ2) is 8.37. The highest BCUT2D eigenvalue weighted by Crippen LogP contribution is 2.76. The predicted molar refractivity (Wildman–Crippen MR) is 135 cm³/mol. The summed E-state index contributed by atoms with van der Waals surface area (Å²) in [5.41, 5.74) is -2.13. The van der Waals surface area contributed by atoms with Crippen molar-refractivity contribution in [3.63, 3.8) is 0 Å². The van der Waals surface area contributed by atoms with Gasteiger partial charge in [-0.05, 0) is 48.8 Å². The molecule has 0 bridgehead atoms. The zero-order valence-electron chi connectivity index (χ0n) is 21.7. The first-order valence-electron chi connectivity index (χ1n) is 13.2. The third-order valence-electron chi connectivity index (χ3n) is 9.86. The number of aliphatic hydroxyl groups excluding tert-OH is 1. The summed E-state index contributed by atoms with van der Waals surface area (Å²) in [5, 5.41) is 34.0. The highest BCUT2D eigenvalue weighted by atomic mass is 16.6. The van der Waals surface area contributed by atoms with Crippen LogP contribution < -0.4 is 0 Å². The first-order chi connectivity index (χ1) is 16.9. The van der Waals surface area contributed by atoms with Gasteiger partial charge in [-0.1, -0.05) is 63.3 Å². The van der Waals surface area contributed by atoms with Crippen LogP contribution in [0.25, 0.3) is 0 Å². The largest absolute Gasteiger partial charge is 0.458 e. The Morgan fingerprint density at radius 3 is 2.50 bits per heavy atom. The third-order valence-corrected chi connectivity index (χ3v) is 9.86. The lowest BCUT2D eigenvalue weighted by Gasteiger charge is -2.50. The van der Waals surface area contributed by atoms with E-state index in [-0.39, 0.29) is 36.6 Å². The van der Waals surface area contributed by atoms with Crippen molar-refractivity contribution in [3.8, 4) is 0 Å². The number of aryl methyl sites for hydroxylation is 1. The van der Waals surface area contributed by atoms with Crippen LogP contribution in [0.2, 0.25) is 0 Å². The van der Waals surface area contributed by atoms with Gasteiger partial charge in [-0.2, -0.15) is 0 Å². The molecule has 0 amide bonds. The number of rotatable bonds is 6. The molecule has 3 N–H and O–H groups in total. The number of carbonyl (C=O) groups excluding carboxylic acids is 2. The monoisotopic (exact) mass is 494 g/mol. The fourth-order valence-corrected chi connectivity index (χ4v) is 7.93. The van der Waals surface area contributed by atoms with E-state index in [2.05, 4.69) is 26.0 Å². The summed E-state index contributed by atoms with van der Waals surface area (Å²) < 4.78 is 6.27. The summed E-state index contributed by atoms with van der Waals surface area (Å²) in [4.78, 5) is 26.1. The van der Waals surface area contributed by atoms with Gasteiger partial charge in [0.25, 0.3) is 0 Å². The molecule has 2 saturated carbocycles. The summed E-state index contributed by atoms with van der Waals surface area (Å²) in [7, 11) is 0. The van der Waals surface area contributed by atoms with Crippen molar-refractivity contribution in [2.45, 2.75) is 76.6 Å². The van der Waals surface area contributed by atoms with Crippen LogP contribution in [0.15, 0.2) is 53.6 Å². The fourth-order valence-electron chi connectivity index (χ4n) is 7.93. The Labute approximate surface area is 213 Å².